The van der Waals surface area contributed by atoms with Gasteiger partial charge >= 0.3 is 0 Å². The van der Waals surface area contributed by atoms with Gasteiger partial charge in [0.25, 0.3) is 0 Å². The zero-order valence-corrected chi connectivity index (χ0v) is 10.6. The highest BCUT2D eigenvalue weighted by atomic mass is 35.5. The summed E-state index contributed by atoms with van der Waals surface area (Å²) in [6, 6.07) is 11.4. The molecule has 0 spiro atoms. The molecule has 1 radical (unpaired) electrons. The van der Waals surface area contributed by atoms with Gasteiger partial charge in [-0.05, 0) is 12.1 Å². The van der Waals surface area contributed by atoms with Gasteiger partial charge in [-0.3, -0.25) is 9.59 Å². The molecule has 0 heterocycles. The Bertz CT molecular complexity index is 607. The van der Waals surface area contributed by atoms with E-state index in [-0.39, 0.29) is 27.0 Å². The van der Waals surface area contributed by atoms with E-state index >= 15 is 0 Å². The lowest BCUT2D eigenvalue weighted by molar-refractivity contribution is 0.103. The Morgan fingerprint density at radius 3 is 2.28 bits per heavy atom. The summed E-state index contributed by atoms with van der Waals surface area (Å²) >= 11 is 11.9. The molecule has 0 bridgehead atoms. The molecule has 2 rings (SSSR count). The SMILES string of the molecule is O=[C]c1ccc(Cl)c(Cl)c1C(=O)c1ccccc1. The molecule has 2 aromatic rings. The fourth-order valence-corrected chi connectivity index (χ4v) is 2.00. The van der Waals surface area contributed by atoms with Gasteiger partial charge in [-0.1, -0.05) is 53.5 Å². The summed E-state index contributed by atoms with van der Waals surface area (Å²) in [4.78, 5) is 23.1. The Balaban J connectivity index is 2.61. The fourth-order valence-electron chi connectivity index (χ4n) is 1.59. The zero-order chi connectivity index (χ0) is 13.1. The van der Waals surface area contributed by atoms with Gasteiger partial charge < -0.3 is 0 Å². The Labute approximate surface area is 114 Å². The maximum Gasteiger partial charge on any atom is 0.234 e. The molecule has 0 aliphatic rings. The van der Waals surface area contributed by atoms with Gasteiger partial charge in [-0.25, -0.2) is 0 Å². The van der Waals surface area contributed by atoms with E-state index in [9.17, 15) is 9.59 Å². The highest BCUT2D eigenvalue weighted by molar-refractivity contribution is 6.44. The Kier molecular flexibility index (Phi) is 3.80. The first kappa shape index (κ1) is 12.8. The van der Waals surface area contributed by atoms with E-state index in [1.165, 1.54) is 12.1 Å². The molecular formula is C14H7Cl2O2. The third kappa shape index (κ3) is 2.30. The van der Waals surface area contributed by atoms with Crippen LogP contribution in [0.5, 0.6) is 0 Å². The monoisotopic (exact) mass is 277 g/mol. The molecule has 0 unspecified atom stereocenters. The van der Waals surface area contributed by atoms with Crippen molar-refractivity contribution >= 4 is 35.3 Å². The van der Waals surface area contributed by atoms with Crippen LogP contribution in [0.3, 0.4) is 0 Å². The van der Waals surface area contributed by atoms with Gasteiger partial charge in [0, 0.05) is 11.1 Å². The molecule has 0 N–H and O–H groups in total. The molecule has 0 saturated carbocycles. The summed E-state index contributed by atoms with van der Waals surface area (Å²) in [5, 5.41) is 0.307. The average Bonchev–Trinajstić information content (AvgIpc) is 2.42. The van der Waals surface area contributed by atoms with E-state index in [1.54, 1.807) is 36.6 Å². The Morgan fingerprint density at radius 1 is 1.00 bits per heavy atom. The minimum atomic E-state index is -0.346. The third-order valence-corrected chi connectivity index (χ3v) is 3.27. The lowest BCUT2D eigenvalue weighted by Gasteiger charge is -2.07. The molecule has 0 aliphatic carbocycles. The molecule has 0 aromatic heterocycles. The Morgan fingerprint density at radius 2 is 1.67 bits per heavy atom. The number of halogens is 2. The zero-order valence-electron chi connectivity index (χ0n) is 9.11. The standard InChI is InChI=1S/C14H7Cl2O2/c15-11-7-6-10(8-17)12(13(11)16)14(18)9-4-2-1-3-5-9/h1-7H. The van der Waals surface area contributed by atoms with E-state index in [1.807, 2.05) is 0 Å². The summed E-state index contributed by atoms with van der Waals surface area (Å²) in [6.07, 6.45) is 1.70. The highest BCUT2D eigenvalue weighted by Crippen LogP contribution is 2.29. The second kappa shape index (κ2) is 5.34. The van der Waals surface area contributed by atoms with Gasteiger partial charge in [0.2, 0.25) is 6.29 Å². The van der Waals surface area contributed by atoms with Crippen molar-refractivity contribution in [2.75, 3.05) is 0 Å². The minimum Gasteiger partial charge on any atom is -0.289 e. The maximum atomic E-state index is 12.3. The Hall–Kier alpha value is -1.64. The molecule has 18 heavy (non-hydrogen) atoms. The van der Waals surface area contributed by atoms with Crippen LogP contribution in [0.25, 0.3) is 0 Å². The topological polar surface area (TPSA) is 34.1 Å². The first-order chi connectivity index (χ1) is 8.65. The summed E-state index contributed by atoms with van der Waals surface area (Å²) in [5.41, 5.74) is 0.641. The number of hydrogen-bond donors (Lipinski definition) is 0. The number of benzene rings is 2. The second-order valence-corrected chi connectivity index (χ2v) is 4.37. The van der Waals surface area contributed by atoms with Crippen molar-refractivity contribution in [1.29, 1.82) is 0 Å². The van der Waals surface area contributed by atoms with Crippen LogP contribution in [0.4, 0.5) is 0 Å². The van der Waals surface area contributed by atoms with Crippen molar-refractivity contribution in [2.45, 2.75) is 0 Å². The fraction of sp³-hybridized carbons (Fsp3) is 0. The van der Waals surface area contributed by atoms with Crippen LogP contribution in [0, 0.1) is 0 Å². The van der Waals surface area contributed by atoms with Crippen LogP contribution in [-0.2, 0) is 4.79 Å². The van der Waals surface area contributed by atoms with E-state index in [0.29, 0.717) is 5.56 Å². The number of rotatable bonds is 3. The molecular weight excluding hydrogens is 271 g/mol. The van der Waals surface area contributed by atoms with Crippen molar-refractivity contribution in [2.24, 2.45) is 0 Å². The largest absolute Gasteiger partial charge is 0.289 e. The molecule has 4 heteroatoms. The molecule has 0 aliphatic heterocycles. The van der Waals surface area contributed by atoms with Crippen LogP contribution in [0.15, 0.2) is 42.5 Å². The van der Waals surface area contributed by atoms with Crippen molar-refractivity contribution in [3.8, 4) is 0 Å². The second-order valence-electron chi connectivity index (χ2n) is 3.58. The molecule has 0 atom stereocenters. The van der Waals surface area contributed by atoms with Gasteiger partial charge in [0.15, 0.2) is 5.78 Å². The van der Waals surface area contributed by atoms with Crippen LogP contribution in [-0.4, -0.2) is 12.1 Å². The predicted molar refractivity (Wildman–Crippen MR) is 71.1 cm³/mol. The van der Waals surface area contributed by atoms with Crippen molar-refractivity contribution in [3.05, 3.63) is 69.2 Å². The van der Waals surface area contributed by atoms with Gasteiger partial charge in [0.1, 0.15) is 0 Å². The normalized spacial score (nSPS) is 10.1. The molecule has 89 valence electrons. The summed E-state index contributed by atoms with van der Waals surface area (Å²) < 4.78 is 0. The highest BCUT2D eigenvalue weighted by Gasteiger charge is 2.19. The number of hydrogen-bond acceptors (Lipinski definition) is 2. The van der Waals surface area contributed by atoms with E-state index in [2.05, 4.69) is 0 Å². The third-order valence-electron chi connectivity index (χ3n) is 2.47. The van der Waals surface area contributed by atoms with Gasteiger partial charge in [-0.2, -0.15) is 0 Å². The van der Waals surface area contributed by atoms with Crippen LogP contribution in [0.2, 0.25) is 10.0 Å². The molecule has 0 fully saturated rings. The smallest absolute Gasteiger partial charge is 0.234 e. The van der Waals surface area contributed by atoms with E-state index in [4.69, 9.17) is 23.2 Å². The predicted octanol–water partition coefficient (Wildman–Crippen LogP) is 3.68. The quantitative estimate of drug-likeness (QED) is 0.802. The molecule has 0 saturated heterocycles. The molecule has 2 aromatic carbocycles. The first-order valence-electron chi connectivity index (χ1n) is 5.11. The number of carbonyl (C=O) groups is 1. The summed E-state index contributed by atoms with van der Waals surface area (Å²) in [6.45, 7) is 0. The van der Waals surface area contributed by atoms with Crippen LogP contribution < -0.4 is 0 Å². The maximum absolute atomic E-state index is 12.3. The van der Waals surface area contributed by atoms with E-state index in [0.717, 1.165) is 0 Å². The average molecular weight is 278 g/mol. The first-order valence-corrected chi connectivity index (χ1v) is 5.86. The minimum absolute atomic E-state index is 0.0753. The van der Waals surface area contributed by atoms with Crippen LogP contribution >= 0.6 is 23.2 Å². The van der Waals surface area contributed by atoms with E-state index < -0.39 is 0 Å². The molecule has 0 amide bonds. The number of ketones is 1. The summed E-state index contributed by atoms with van der Waals surface area (Å²) in [5.74, 6) is -0.346. The lowest BCUT2D eigenvalue weighted by atomic mass is 9.99. The lowest BCUT2D eigenvalue weighted by Crippen LogP contribution is -2.06. The van der Waals surface area contributed by atoms with Crippen molar-refractivity contribution < 1.29 is 9.59 Å². The van der Waals surface area contributed by atoms with Crippen molar-refractivity contribution in [3.63, 3.8) is 0 Å². The molecule has 2 nitrogen and oxygen atoms in total. The van der Waals surface area contributed by atoms with Gasteiger partial charge in [0.05, 0.1) is 15.6 Å². The summed E-state index contributed by atoms with van der Waals surface area (Å²) in [7, 11) is 0. The number of carbonyl (C=O) groups excluding carboxylic acids is 2. The van der Waals surface area contributed by atoms with Crippen LogP contribution in [0.1, 0.15) is 21.5 Å². The van der Waals surface area contributed by atoms with Gasteiger partial charge in [-0.15, -0.1) is 0 Å². The van der Waals surface area contributed by atoms with Crippen molar-refractivity contribution in [1.82, 2.24) is 0 Å².